The van der Waals surface area contributed by atoms with Gasteiger partial charge in [-0.3, -0.25) is 4.79 Å². The Hall–Kier alpha value is -0.570. The Morgan fingerprint density at radius 3 is 1.85 bits per heavy atom. The van der Waals surface area contributed by atoms with Crippen molar-refractivity contribution in [2.75, 3.05) is 14.1 Å². The fourth-order valence-electron chi connectivity index (χ4n) is 3.03. The highest BCUT2D eigenvalue weighted by Gasteiger charge is 2.26. The molecule has 1 amide bonds. The van der Waals surface area contributed by atoms with Crippen molar-refractivity contribution >= 4 is 5.91 Å². The molecule has 0 radical (unpaired) electrons. The molecule has 0 aliphatic carbocycles. The van der Waals surface area contributed by atoms with E-state index in [0.717, 1.165) is 19.3 Å². The van der Waals surface area contributed by atoms with Gasteiger partial charge in [-0.25, -0.2) is 0 Å². The smallest absolute Gasteiger partial charge is 0.222 e. The summed E-state index contributed by atoms with van der Waals surface area (Å²) in [6.45, 7) is 4.38. The van der Waals surface area contributed by atoms with E-state index in [1.165, 1.54) is 44.9 Å². The first-order valence-electron chi connectivity index (χ1n) is 8.50. The molecule has 3 nitrogen and oxygen atoms in total. The Morgan fingerprint density at radius 2 is 1.45 bits per heavy atom. The molecule has 0 aliphatic rings. The molecule has 0 fully saturated rings. The second-order valence-corrected chi connectivity index (χ2v) is 6.21. The van der Waals surface area contributed by atoms with Gasteiger partial charge in [-0.15, -0.1) is 0 Å². The van der Waals surface area contributed by atoms with Crippen LogP contribution < -0.4 is 5.73 Å². The second-order valence-electron chi connectivity index (χ2n) is 6.21. The van der Waals surface area contributed by atoms with Crippen molar-refractivity contribution in [3.63, 3.8) is 0 Å². The Labute approximate surface area is 126 Å². The summed E-state index contributed by atoms with van der Waals surface area (Å²) in [5.74, 6) is -0.122. The number of primary amides is 1. The third-order valence-corrected chi connectivity index (χ3v) is 4.28. The van der Waals surface area contributed by atoms with Crippen molar-refractivity contribution < 1.29 is 4.79 Å². The van der Waals surface area contributed by atoms with Crippen LogP contribution in [-0.2, 0) is 4.79 Å². The Morgan fingerprint density at radius 1 is 0.950 bits per heavy atom. The Bertz CT molecular complexity index is 241. The zero-order valence-electron chi connectivity index (χ0n) is 14.2. The van der Waals surface area contributed by atoms with Crippen LogP contribution in [0.2, 0.25) is 0 Å². The molecule has 0 aromatic heterocycles. The highest BCUT2D eigenvalue weighted by Crippen LogP contribution is 2.20. The maximum atomic E-state index is 11.6. The largest absolute Gasteiger partial charge is 0.369 e. The van der Waals surface area contributed by atoms with Gasteiger partial charge in [-0.2, -0.15) is 0 Å². The number of hydrogen-bond acceptors (Lipinski definition) is 2. The molecular weight excluding hydrogens is 248 g/mol. The Balaban J connectivity index is 3.85. The van der Waals surface area contributed by atoms with E-state index in [2.05, 4.69) is 18.7 Å². The molecule has 2 unspecified atom stereocenters. The summed E-state index contributed by atoms with van der Waals surface area (Å²) >= 11 is 0. The summed E-state index contributed by atoms with van der Waals surface area (Å²) in [7, 11) is 4.08. The molecule has 0 aromatic carbocycles. The van der Waals surface area contributed by atoms with Crippen molar-refractivity contribution in [1.29, 1.82) is 0 Å². The summed E-state index contributed by atoms with van der Waals surface area (Å²) in [4.78, 5) is 13.8. The van der Waals surface area contributed by atoms with Crippen molar-refractivity contribution in [3.05, 3.63) is 0 Å². The van der Waals surface area contributed by atoms with Crippen LogP contribution in [0.4, 0.5) is 0 Å². The van der Waals surface area contributed by atoms with E-state index in [4.69, 9.17) is 5.73 Å². The summed E-state index contributed by atoms with van der Waals surface area (Å²) in [5.41, 5.74) is 5.58. The van der Waals surface area contributed by atoms with Gasteiger partial charge in [0.25, 0.3) is 0 Å². The van der Waals surface area contributed by atoms with E-state index >= 15 is 0 Å². The molecule has 2 N–H and O–H groups in total. The lowest BCUT2D eigenvalue weighted by molar-refractivity contribution is -0.124. The minimum atomic E-state index is -0.131. The third kappa shape index (κ3) is 8.57. The lowest BCUT2D eigenvalue weighted by Gasteiger charge is -2.29. The molecule has 0 rings (SSSR count). The van der Waals surface area contributed by atoms with Crippen molar-refractivity contribution in [1.82, 2.24) is 4.90 Å². The van der Waals surface area contributed by atoms with Crippen LogP contribution >= 0.6 is 0 Å². The maximum absolute atomic E-state index is 11.6. The van der Waals surface area contributed by atoms with Gasteiger partial charge in [-0.1, -0.05) is 65.2 Å². The standard InChI is InChI=1S/C17H36N2O/c1-5-7-8-9-10-11-12-13-14-15(17(18)20)16(6-2)19(3)4/h15-16H,5-14H2,1-4H3,(H2,18,20). The summed E-state index contributed by atoms with van der Waals surface area (Å²) < 4.78 is 0. The first-order valence-corrected chi connectivity index (χ1v) is 8.50. The van der Waals surface area contributed by atoms with Crippen molar-refractivity contribution in [3.8, 4) is 0 Å². The number of unbranched alkanes of at least 4 members (excludes halogenated alkanes) is 7. The zero-order chi connectivity index (χ0) is 15.4. The monoisotopic (exact) mass is 284 g/mol. The fourth-order valence-corrected chi connectivity index (χ4v) is 3.03. The predicted octanol–water partition coefficient (Wildman–Crippen LogP) is 3.96. The molecule has 120 valence electrons. The highest BCUT2D eigenvalue weighted by molar-refractivity contribution is 5.77. The van der Waals surface area contributed by atoms with E-state index in [0.29, 0.717) is 0 Å². The number of rotatable bonds is 13. The van der Waals surface area contributed by atoms with E-state index in [1.807, 2.05) is 14.1 Å². The van der Waals surface area contributed by atoms with Crippen LogP contribution in [0.25, 0.3) is 0 Å². The quantitative estimate of drug-likeness (QED) is 0.520. The lowest BCUT2D eigenvalue weighted by Crippen LogP contribution is -2.41. The first-order chi connectivity index (χ1) is 9.54. The van der Waals surface area contributed by atoms with Crippen LogP contribution in [0.3, 0.4) is 0 Å². The molecule has 0 heterocycles. The predicted molar refractivity (Wildman–Crippen MR) is 87.7 cm³/mol. The number of hydrogen-bond donors (Lipinski definition) is 1. The van der Waals surface area contributed by atoms with Crippen molar-refractivity contribution in [2.45, 2.75) is 84.1 Å². The molecule has 2 atom stereocenters. The minimum absolute atomic E-state index is 0.00934. The van der Waals surface area contributed by atoms with Crippen LogP contribution in [0.5, 0.6) is 0 Å². The third-order valence-electron chi connectivity index (χ3n) is 4.28. The SMILES string of the molecule is CCCCCCCCCCC(C(N)=O)C(CC)N(C)C. The van der Waals surface area contributed by atoms with E-state index in [9.17, 15) is 4.79 Å². The fraction of sp³-hybridized carbons (Fsp3) is 0.941. The molecule has 0 aliphatic heterocycles. The number of nitrogens with zero attached hydrogens (tertiary/aromatic N) is 1. The summed E-state index contributed by atoms with van der Waals surface area (Å²) in [6, 6.07) is 0.289. The molecule has 0 saturated carbocycles. The molecule has 0 spiro atoms. The molecule has 0 saturated heterocycles. The van der Waals surface area contributed by atoms with Crippen LogP contribution in [0.1, 0.15) is 78.1 Å². The number of amides is 1. The maximum Gasteiger partial charge on any atom is 0.222 e. The average molecular weight is 284 g/mol. The summed E-state index contributed by atoms with van der Waals surface area (Å²) in [6.07, 6.45) is 12.3. The highest BCUT2D eigenvalue weighted by atomic mass is 16.1. The van der Waals surface area contributed by atoms with E-state index in [-0.39, 0.29) is 17.9 Å². The van der Waals surface area contributed by atoms with Crippen LogP contribution in [-0.4, -0.2) is 30.9 Å². The first kappa shape index (κ1) is 19.4. The normalized spacial score (nSPS) is 14.4. The van der Waals surface area contributed by atoms with Gasteiger partial charge in [0, 0.05) is 6.04 Å². The summed E-state index contributed by atoms with van der Waals surface area (Å²) in [5, 5.41) is 0. The van der Waals surface area contributed by atoms with Gasteiger partial charge < -0.3 is 10.6 Å². The topological polar surface area (TPSA) is 46.3 Å². The van der Waals surface area contributed by atoms with Gasteiger partial charge in [0.05, 0.1) is 5.92 Å². The molecule has 20 heavy (non-hydrogen) atoms. The van der Waals surface area contributed by atoms with Gasteiger partial charge in [-0.05, 0) is 26.9 Å². The lowest BCUT2D eigenvalue weighted by atomic mass is 9.90. The van der Waals surface area contributed by atoms with Crippen LogP contribution in [0, 0.1) is 5.92 Å². The number of nitrogens with two attached hydrogens (primary N) is 1. The van der Waals surface area contributed by atoms with Crippen molar-refractivity contribution in [2.24, 2.45) is 11.7 Å². The molecular formula is C17H36N2O. The number of carbonyl (C=O) groups is 1. The second kappa shape index (κ2) is 12.2. The average Bonchev–Trinajstić information content (AvgIpc) is 2.39. The zero-order valence-corrected chi connectivity index (χ0v) is 14.2. The van der Waals surface area contributed by atoms with Gasteiger partial charge >= 0.3 is 0 Å². The molecule has 0 bridgehead atoms. The van der Waals surface area contributed by atoms with Gasteiger partial charge in [0.2, 0.25) is 5.91 Å². The Kier molecular flexibility index (Phi) is 11.8. The van der Waals surface area contributed by atoms with E-state index in [1.54, 1.807) is 0 Å². The minimum Gasteiger partial charge on any atom is -0.369 e. The molecule has 3 heteroatoms. The van der Waals surface area contributed by atoms with Crippen LogP contribution in [0.15, 0.2) is 0 Å². The van der Waals surface area contributed by atoms with Gasteiger partial charge in [0.1, 0.15) is 0 Å². The van der Waals surface area contributed by atoms with Gasteiger partial charge in [0.15, 0.2) is 0 Å². The van der Waals surface area contributed by atoms with E-state index < -0.39 is 0 Å². The number of carbonyl (C=O) groups excluding carboxylic acids is 1. The molecule has 0 aromatic rings.